The Morgan fingerprint density at radius 3 is 2.38 bits per heavy atom. The molecule has 1 saturated carbocycles. The van der Waals surface area contributed by atoms with E-state index in [9.17, 15) is 19.5 Å². The number of nitrogens with zero attached hydrogens (tertiary/aromatic N) is 3. The molecule has 3 heterocycles. The van der Waals surface area contributed by atoms with Crippen molar-refractivity contribution in [3.8, 4) is 11.9 Å². The quantitative estimate of drug-likeness (QED) is 0.244. The normalized spacial score (nSPS) is 24.7. The van der Waals surface area contributed by atoms with Crippen LogP contribution in [0.5, 0.6) is 11.9 Å². The predicted molar refractivity (Wildman–Crippen MR) is 132 cm³/mol. The molecule has 0 radical (unpaired) electrons. The highest BCUT2D eigenvalue weighted by Crippen LogP contribution is 2.52. The maximum atomic E-state index is 11.6. The Kier molecular flexibility index (Phi) is 9.83. The summed E-state index contributed by atoms with van der Waals surface area (Å²) in [7, 11) is 3.09. The molecule has 4 rings (SSSR count). The number of hydrogen-bond donors (Lipinski definition) is 5. The Morgan fingerprint density at radius 2 is 1.85 bits per heavy atom. The molecular formula is C25H35N3O11. The van der Waals surface area contributed by atoms with E-state index in [2.05, 4.69) is 20.9 Å². The highest BCUT2D eigenvalue weighted by molar-refractivity contribution is 5.88. The molecule has 1 aromatic heterocycles. The second-order valence-corrected chi connectivity index (χ2v) is 9.98. The van der Waals surface area contributed by atoms with Crippen LogP contribution in [0.25, 0.3) is 0 Å². The molecule has 39 heavy (non-hydrogen) atoms. The molecule has 3 aliphatic rings. The Bertz CT molecular complexity index is 1080. The van der Waals surface area contributed by atoms with E-state index in [1.807, 2.05) is 0 Å². The first-order chi connectivity index (χ1) is 18.4. The van der Waals surface area contributed by atoms with Crippen LogP contribution in [0.1, 0.15) is 37.7 Å². The number of carboxylic acids is 3. The van der Waals surface area contributed by atoms with Gasteiger partial charge in [-0.2, -0.15) is 4.98 Å². The topological polar surface area (TPSA) is 209 Å². The van der Waals surface area contributed by atoms with Gasteiger partial charge in [0.15, 0.2) is 5.60 Å². The Hall–Kier alpha value is -3.33. The average molecular weight is 554 g/mol. The number of carbonyl (C=O) groups is 3. The van der Waals surface area contributed by atoms with Gasteiger partial charge in [0, 0.05) is 31.7 Å². The number of carboxylic acid groups (broad SMARTS) is 3. The van der Waals surface area contributed by atoms with Crippen LogP contribution >= 0.6 is 0 Å². The second kappa shape index (κ2) is 12.7. The number of aliphatic hydroxyl groups is 2. The lowest BCUT2D eigenvalue weighted by Gasteiger charge is -2.31. The monoisotopic (exact) mass is 553 g/mol. The van der Waals surface area contributed by atoms with Crippen molar-refractivity contribution < 1.29 is 54.1 Å². The fourth-order valence-corrected chi connectivity index (χ4v) is 5.47. The van der Waals surface area contributed by atoms with Crippen molar-refractivity contribution in [1.82, 2.24) is 14.9 Å². The number of ether oxygens (including phenoxy) is 3. The molecule has 0 unspecified atom stereocenters. The van der Waals surface area contributed by atoms with Crippen molar-refractivity contribution in [1.29, 1.82) is 0 Å². The van der Waals surface area contributed by atoms with E-state index in [4.69, 9.17) is 34.6 Å². The SMILES string of the molecule is COc1ncc([C@@]2(O)CC[C@@H]3CN(CC4=CCCOC4)C[C@@H]32)c(OC)n1.O=C(O)CC(O)(CC(=O)O)C(=O)O. The average Bonchev–Trinajstić information content (AvgIpc) is 3.43. The van der Waals surface area contributed by atoms with Gasteiger partial charge in [0.05, 0.1) is 45.8 Å². The maximum absolute atomic E-state index is 11.6. The van der Waals surface area contributed by atoms with Crippen LogP contribution in [-0.2, 0) is 24.7 Å². The summed E-state index contributed by atoms with van der Waals surface area (Å²) in [6, 6.07) is 0.251. The summed E-state index contributed by atoms with van der Waals surface area (Å²) < 4.78 is 16.1. The summed E-state index contributed by atoms with van der Waals surface area (Å²) in [6.07, 6.45) is 4.39. The zero-order valence-electron chi connectivity index (χ0n) is 21.9. The van der Waals surface area contributed by atoms with Crippen LogP contribution in [-0.4, -0.2) is 111 Å². The van der Waals surface area contributed by atoms with Crippen molar-refractivity contribution in [2.24, 2.45) is 11.8 Å². The van der Waals surface area contributed by atoms with Crippen LogP contribution in [0.15, 0.2) is 17.8 Å². The van der Waals surface area contributed by atoms with Gasteiger partial charge in [-0.25, -0.2) is 9.78 Å². The van der Waals surface area contributed by atoms with Crippen LogP contribution in [0.3, 0.4) is 0 Å². The lowest BCUT2D eigenvalue weighted by Crippen LogP contribution is -2.42. The first-order valence-electron chi connectivity index (χ1n) is 12.5. The lowest BCUT2D eigenvalue weighted by atomic mass is 9.83. The summed E-state index contributed by atoms with van der Waals surface area (Å²) in [4.78, 5) is 41.4. The molecule has 0 bridgehead atoms. The number of fused-ring (bicyclic) bond motifs is 1. The largest absolute Gasteiger partial charge is 0.481 e. The standard InChI is InChI=1S/C19H27N3O4.C6H8O7/c1-24-17-15(8-20-18(21-17)25-2)19(23)6-5-14-10-22(11-16(14)19)9-13-4-3-7-26-12-13;7-3(8)1-6(13,5(11)12)2-4(9)10/h4,8,14,16,23H,3,5-7,9-12H2,1-2H3;13H,1-2H2,(H,7,8)(H,9,10)(H,11,12)/t14-,16+,19+;/m1./s1. The fourth-order valence-electron chi connectivity index (χ4n) is 5.47. The minimum atomic E-state index is -2.74. The number of methoxy groups -OCH3 is 2. The van der Waals surface area contributed by atoms with Gasteiger partial charge in [0.1, 0.15) is 5.60 Å². The number of hydrogen-bond acceptors (Lipinski definition) is 11. The molecule has 1 aromatic rings. The van der Waals surface area contributed by atoms with Crippen LogP contribution in [0.2, 0.25) is 0 Å². The van der Waals surface area contributed by atoms with Gasteiger partial charge in [-0.3, -0.25) is 14.5 Å². The van der Waals surface area contributed by atoms with Gasteiger partial charge in [-0.1, -0.05) is 6.08 Å². The summed E-state index contributed by atoms with van der Waals surface area (Å²) >= 11 is 0. The van der Waals surface area contributed by atoms with Crippen molar-refractivity contribution in [2.75, 3.05) is 47.1 Å². The molecule has 0 amide bonds. The van der Waals surface area contributed by atoms with Crippen LogP contribution in [0, 0.1) is 11.8 Å². The first-order valence-corrected chi connectivity index (χ1v) is 12.5. The lowest BCUT2D eigenvalue weighted by molar-refractivity contribution is -0.170. The minimum Gasteiger partial charge on any atom is -0.481 e. The van der Waals surface area contributed by atoms with E-state index < -0.39 is 42.0 Å². The smallest absolute Gasteiger partial charge is 0.336 e. The number of aliphatic carboxylic acids is 3. The molecule has 14 nitrogen and oxygen atoms in total. The third-order valence-electron chi connectivity index (χ3n) is 7.30. The Labute approximate surface area is 224 Å². The van der Waals surface area contributed by atoms with E-state index in [1.54, 1.807) is 13.3 Å². The van der Waals surface area contributed by atoms with Crippen molar-refractivity contribution in [3.63, 3.8) is 0 Å². The number of likely N-dealkylation sites (tertiary alicyclic amines) is 1. The summed E-state index contributed by atoms with van der Waals surface area (Å²) in [5.41, 5.74) is -1.66. The minimum absolute atomic E-state index is 0.165. The number of rotatable bonds is 10. The van der Waals surface area contributed by atoms with Gasteiger partial charge < -0.3 is 39.7 Å². The van der Waals surface area contributed by atoms with E-state index in [0.717, 1.165) is 45.7 Å². The van der Waals surface area contributed by atoms with Gasteiger partial charge in [-0.15, -0.1) is 0 Å². The highest BCUT2D eigenvalue weighted by atomic mass is 16.5. The van der Waals surface area contributed by atoms with E-state index in [0.29, 0.717) is 23.8 Å². The zero-order chi connectivity index (χ0) is 28.8. The fraction of sp³-hybridized carbons (Fsp3) is 0.640. The van der Waals surface area contributed by atoms with Crippen molar-refractivity contribution >= 4 is 17.9 Å². The molecule has 1 aliphatic carbocycles. The van der Waals surface area contributed by atoms with E-state index in [1.165, 1.54) is 12.7 Å². The maximum Gasteiger partial charge on any atom is 0.336 e. The third-order valence-corrected chi connectivity index (χ3v) is 7.30. The predicted octanol–water partition coefficient (Wildman–Crippen LogP) is 0.121. The van der Waals surface area contributed by atoms with E-state index in [-0.39, 0.29) is 11.9 Å². The molecule has 1 saturated heterocycles. The number of aromatic nitrogens is 2. The van der Waals surface area contributed by atoms with Crippen LogP contribution < -0.4 is 9.47 Å². The first kappa shape index (κ1) is 30.2. The molecule has 0 aromatic carbocycles. The molecule has 14 heteroatoms. The van der Waals surface area contributed by atoms with Gasteiger partial charge >= 0.3 is 23.9 Å². The van der Waals surface area contributed by atoms with E-state index >= 15 is 0 Å². The molecule has 216 valence electrons. The molecule has 5 N–H and O–H groups in total. The summed E-state index contributed by atoms with van der Waals surface area (Å²) in [5.74, 6) is -3.97. The second-order valence-electron chi connectivity index (χ2n) is 9.98. The van der Waals surface area contributed by atoms with Crippen molar-refractivity contribution in [2.45, 2.75) is 43.3 Å². The molecule has 3 atom stereocenters. The molecular weight excluding hydrogens is 518 g/mol. The Balaban J connectivity index is 0.000000276. The summed E-state index contributed by atoms with van der Waals surface area (Å²) in [6.45, 7) is 4.37. The molecule has 2 fully saturated rings. The highest BCUT2D eigenvalue weighted by Gasteiger charge is 2.54. The third kappa shape index (κ3) is 7.20. The zero-order valence-corrected chi connectivity index (χ0v) is 21.9. The summed E-state index contributed by atoms with van der Waals surface area (Å²) in [5, 5.41) is 45.4. The van der Waals surface area contributed by atoms with Gasteiger partial charge in [0.2, 0.25) is 5.88 Å². The molecule has 0 spiro atoms. The van der Waals surface area contributed by atoms with Gasteiger partial charge in [0.25, 0.3) is 0 Å². The van der Waals surface area contributed by atoms with Crippen LogP contribution in [0.4, 0.5) is 0 Å². The Morgan fingerprint density at radius 1 is 1.15 bits per heavy atom. The molecule has 2 aliphatic heterocycles. The van der Waals surface area contributed by atoms with Gasteiger partial charge in [-0.05, 0) is 30.8 Å². The van der Waals surface area contributed by atoms with Crippen molar-refractivity contribution in [3.05, 3.63) is 23.4 Å².